The van der Waals surface area contributed by atoms with Crippen LogP contribution in [0, 0.1) is 0 Å². The van der Waals surface area contributed by atoms with Gasteiger partial charge >= 0.3 is 0 Å². The molecule has 0 N–H and O–H groups in total. The summed E-state index contributed by atoms with van der Waals surface area (Å²) >= 11 is 5.66. The summed E-state index contributed by atoms with van der Waals surface area (Å²) in [6.45, 7) is 3.37. The number of hydrogen-bond acceptors (Lipinski definition) is 3. The highest BCUT2D eigenvalue weighted by Gasteiger charge is 2.01. The normalized spacial score (nSPS) is 10.6. The van der Waals surface area contributed by atoms with Crippen molar-refractivity contribution in [3.8, 4) is 5.75 Å². The molecule has 0 amide bonds. The molecule has 0 radical (unpaired) electrons. The zero-order valence-electron chi connectivity index (χ0n) is 10.3. The summed E-state index contributed by atoms with van der Waals surface area (Å²) < 4.78 is 7.21. The van der Waals surface area contributed by atoms with Crippen LogP contribution in [0.3, 0.4) is 0 Å². The molecule has 0 saturated carbocycles. The van der Waals surface area contributed by atoms with E-state index >= 15 is 0 Å². The highest BCUT2D eigenvalue weighted by molar-refractivity contribution is 6.17. The molecule has 4 nitrogen and oxygen atoms in total. The number of nitrogens with zero attached hydrogens (tertiary/aromatic N) is 3. The zero-order valence-corrected chi connectivity index (χ0v) is 11.1. The molecule has 0 aliphatic carbocycles. The number of halogens is 1. The number of benzene rings is 1. The standard InChI is InChI=1S/C13H16ClN3O/c1-2-18-13-5-3-11(4-6-13)9-17-10-12(7-8-14)15-16-17/h3-6,10H,2,7-9H2,1H3. The summed E-state index contributed by atoms with van der Waals surface area (Å²) in [5, 5.41) is 8.12. The minimum atomic E-state index is 0.571. The van der Waals surface area contributed by atoms with Gasteiger partial charge in [0.05, 0.1) is 18.8 Å². The Morgan fingerprint density at radius 2 is 2.06 bits per heavy atom. The fourth-order valence-electron chi connectivity index (χ4n) is 1.67. The van der Waals surface area contributed by atoms with Gasteiger partial charge in [-0.2, -0.15) is 0 Å². The topological polar surface area (TPSA) is 39.9 Å². The Kier molecular flexibility index (Phi) is 4.59. The van der Waals surface area contributed by atoms with Crippen molar-refractivity contribution in [2.75, 3.05) is 12.5 Å². The second-order valence-electron chi connectivity index (χ2n) is 3.92. The van der Waals surface area contributed by atoms with E-state index in [1.165, 1.54) is 5.56 Å². The van der Waals surface area contributed by atoms with Crippen LogP contribution in [0.15, 0.2) is 30.5 Å². The highest BCUT2D eigenvalue weighted by Crippen LogP contribution is 2.12. The molecule has 18 heavy (non-hydrogen) atoms. The van der Waals surface area contributed by atoms with Crippen molar-refractivity contribution in [3.05, 3.63) is 41.7 Å². The molecule has 0 saturated heterocycles. The van der Waals surface area contributed by atoms with Crippen LogP contribution in [0.4, 0.5) is 0 Å². The Morgan fingerprint density at radius 3 is 2.72 bits per heavy atom. The number of aryl methyl sites for hydroxylation is 1. The third-order valence-corrected chi connectivity index (χ3v) is 2.70. The lowest BCUT2D eigenvalue weighted by atomic mass is 10.2. The lowest BCUT2D eigenvalue weighted by Gasteiger charge is -2.04. The van der Waals surface area contributed by atoms with Gasteiger partial charge in [0.2, 0.25) is 0 Å². The van der Waals surface area contributed by atoms with Gasteiger partial charge in [-0.25, -0.2) is 4.68 Å². The van der Waals surface area contributed by atoms with Gasteiger partial charge in [-0.05, 0) is 24.6 Å². The van der Waals surface area contributed by atoms with Gasteiger partial charge in [0.1, 0.15) is 5.75 Å². The van der Waals surface area contributed by atoms with E-state index < -0.39 is 0 Å². The molecular weight excluding hydrogens is 250 g/mol. The smallest absolute Gasteiger partial charge is 0.119 e. The fraction of sp³-hybridized carbons (Fsp3) is 0.385. The van der Waals surface area contributed by atoms with E-state index in [1.807, 2.05) is 42.1 Å². The van der Waals surface area contributed by atoms with Crippen LogP contribution in [0.5, 0.6) is 5.75 Å². The summed E-state index contributed by atoms with van der Waals surface area (Å²) in [4.78, 5) is 0. The number of alkyl halides is 1. The van der Waals surface area contributed by atoms with E-state index in [0.29, 0.717) is 19.0 Å². The molecule has 1 heterocycles. The van der Waals surface area contributed by atoms with Crippen LogP contribution in [0.2, 0.25) is 0 Å². The second-order valence-corrected chi connectivity index (χ2v) is 4.30. The third-order valence-electron chi connectivity index (χ3n) is 2.52. The molecule has 0 aliphatic heterocycles. The van der Waals surface area contributed by atoms with Crippen LogP contribution < -0.4 is 4.74 Å². The van der Waals surface area contributed by atoms with E-state index in [1.54, 1.807) is 0 Å². The van der Waals surface area contributed by atoms with Crippen LogP contribution in [-0.2, 0) is 13.0 Å². The molecule has 0 aliphatic rings. The van der Waals surface area contributed by atoms with Gasteiger partial charge in [0.25, 0.3) is 0 Å². The Labute approximate surface area is 112 Å². The van der Waals surface area contributed by atoms with Crippen molar-refractivity contribution in [2.24, 2.45) is 0 Å². The van der Waals surface area contributed by atoms with Crippen LogP contribution in [0.25, 0.3) is 0 Å². The predicted octanol–water partition coefficient (Wildman–Crippen LogP) is 2.51. The lowest BCUT2D eigenvalue weighted by Crippen LogP contribution is -2.00. The van der Waals surface area contributed by atoms with Crippen molar-refractivity contribution in [1.82, 2.24) is 15.0 Å². The number of aromatic nitrogens is 3. The number of ether oxygens (including phenoxy) is 1. The molecule has 5 heteroatoms. The monoisotopic (exact) mass is 265 g/mol. The number of hydrogen-bond donors (Lipinski definition) is 0. The van der Waals surface area contributed by atoms with E-state index in [-0.39, 0.29) is 0 Å². The minimum absolute atomic E-state index is 0.571. The van der Waals surface area contributed by atoms with Gasteiger partial charge in [0.15, 0.2) is 0 Å². The molecule has 0 bridgehead atoms. The van der Waals surface area contributed by atoms with Gasteiger partial charge in [-0.1, -0.05) is 17.3 Å². The quantitative estimate of drug-likeness (QED) is 0.754. The van der Waals surface area contributed by atoms with E-state index in [2.05, 4.69) is 10.3 Å². The highest BCUT2D eigenvalue weighted by atomic mass is 35.5. The first-order valence-electron chi connectivity index (χ1n) is 5.98. The lowest BCUT2D eigenvalue weighted by molar-refractivity contribution is 0.340. The number of rotatable bonds is 6. The molecule has 0 atom stereocenters. The van der Waals surface area contributed by atoms with Gasteiger partial charge in [-0.15, -0.1) is 16.7 Å². The van der Waals surface area contributed by atoms with Gasteiger partial charge in [-0.3, -0.25) is 0 Å². The van der Waals surface area contributed by atoms with Crippen molar-refractivity contribution < 1.29 is 4.74 Å². The molecule has 0 fully saturated rings. The molecular formula is C13H16ClN3O. The Balaban J connectivity index is 1.99. The Hall–Kier alpha value is -1.55. The molecule has 0 unspecified atom stereocenters. The van der Waals surface area contributed by atoms with Crippen molar-refractivity contribution in [1.29, 1.82) is 0 Å². The second kappa shape index (κ2) is 6.40. The largest absolute Gasteiger partial charge is 0.494 e. The Bertz CT molecular complexity index is 481. The average molecular weight is 266 g/mol. The van der Waals surface area contributed by atoms with E-state index in [9.17, 15) is 0 Å². The molecule has 0 spiro atoms. The first-order chi connectivity index (χ1) is 8.81. The first-order valence-corrected chi connectivity index (χ1v) is 6.52. The summed E-state index contributed by atoms with van der Waals surface area (Å²) in [6.07, 6.45) is 2.68. The maximum atomic E-state index is 5.66. The molecule has 1 aromatic carbocycles. The van der Waals surface area contributed by atoms with Crippen molar-refractivity contribution in [2.45, 2.75) is 19.9 Å². The first kappa shape index (κ1) is 12.9. The minimum Gasteiger partial charge on any atom is -0.494 e. The zero-order chi connectivity index (χ0) is 12.8. The fourth-order valence-corrected chi connectivity index (χ4v) is 1.87. The molecule has 2 aromatic rings. The summed E-state index contributed by atoms with van der Waals surface area (Å²) in [5.74, 6) is 1.46. The summed E-state index contributed by atoms with van der Waals surface area (Å²) in [7, 11) is 0. The maximum Gasteiger partial charge on any atom is 0.119 e. The van der Waals surface area contributed by atoms with Crippen LogP contribution in [-0.4, -0.2) is 27.5 Å². The molecule has 2 rings (SSSR count). The van der Waals surface area contributed by atoms with E-state index in [0.717, 1.165) is 17.9 Å². The Morgan fingerprint density at radius 1 is 1.28 bits per heavy atom. The van der Waals surface area contributed by atoms with E-state index in [4.69, 9.17) is 16.3 Å². The van der Waals surface area contributed by atoms with Crippen molar-refractivity contribution >= 4 is 11.6 Å². The maximum absolute atomic E-state index is 5.66. The average Bonchev–Trinajstić information content (AvgIpc) is 2.80. The van der Waals surface area contributed by atoms with Crippen molar-refractivity contribution in [3.63, 3.8) is 0 Å². The summed E-state index contributed by atoms with van der Waals surface area (Å²) in [6, 6.07) is 8.01. The molecule has 96 valence electrons. The summed E-state index contributed by atoms with van der Waals surface area (Å²) in [5.41, 5.74) is 2.09. The predicted molar refractivity (Wildman–Crippen MR) is 71.2 cm³/mol. The van der Waals surface area contributed by atoms with Crippen LogP contribution >= 0.6 is 11.6 Å². The molecule has 1 aromatic heterocycles. The van der Waals surface area contributed by atoms with Gasteiger partial charge in [0, 0.05) is 18.5 Å². The third kappa shape index (κ3) is 3.47. The SMILES string of the molecule is CCOc1ccc(Cn2cc(CCCl)nn2)cc1. The van der Waals surface area contributed by atoms with Crippen LogP contribution in [0.1, 0.15) is 18.2 Å². The van der Waals surface area contributed by atoms with Gasteiger partial charge < -0.3 is 4.74 Å².